The van der Waals surface area contributed by atoms with Crippen molar-refractivity contribution in [2.24, 2.45) is 5.92 Å². The van der Waals surface area contributed by atoms with E-state index in [1.165, 1.54) is 0 Å². The summed E-state index contributed by atoms with van der Waals surface area (Å²) in [7, 11) is 4.09. The second-order valence-corrected chi connectivity index (χ2v) is 6.48. The Balaban J connectivity index is 1.85. The van der Waals surface area contributed by atoms with Crippen LogP contribution in [-0.4, -0.2) is 51.1 Å². The lowest BCUT2D eigenvalue weighted by molar-refractivity contribution is 0.0968. The van der Waals surface area contributed by atoms with Crippen LogP contribution in [0.4, 0.5) is 0 Å². The summed E-state index contributed by atoms with van der Waals surface area (Å²) in [5.74, 6) is 0.465. The Morgan fingerprint density at radius 3 is 2.87 bits per heavy atom. The maximum absolute atomic E-state index is 12.4. The molecule has 2 heterocycles. The van der Waals surface area contributed by atoms with E-state index in [2.05, 4.69) is 24.6 Å². The van der Waals surface area contributed by atoms with Crippen LogP contribution in [0.15, 0.2) is 24.5 Å². The van der Waals surface area contributed by atoms with E-state index in [-0.39, 0.29) is 11.7 Å². The van der Waals surface area contributed by atoms with Gasteiger partial charge in [0.1, 0.15) is 0 Å². The Bertz CT molecular complexity index is 895. The van der Waals surface area contributed by atoms with Crippen LogP contribution in [0.25, 0.3) is 22.1 Å². The third-order valence-electron chi connectivity index (χ3n) is 4.34. The van der Waals surface area contributed by atoms with Gasteiger partial charge in [0.15, 0.2) is 5.78 Å². The maximum atomic E-state index is 12.4. The quantitative estimate of drug-likeness (QED) is 0.676. The van der Waals surface area contributed by atoms with Gasteiger partial charge in [-0.15, -0.1) is 10.2 Å². The topological polar surface area (TPSA) is 63.9 Å². The molecule has 23 heavy (non-hydrogen) atoms. The van der Waals surface area contributed by atoms with E-state index in [0.29, 0.717) is 5.65 Å². The fourth-order valence-electron chi connectivity index (χ4n) is 2.85. The zero-order valence-electron chi connectivity index (χ0n) is 13.4. The molecule has 1 aromatic carbocycles. The average molecular weight is 309 g/mol. The molecule has 0 amide bonds. The van der Waals surface area contributed by atoms with E-state index in [4.69, 9.17) is 0 Å². The third kappa shape index (κ3) is 2.59. The second-order valence-electron chi connectivity index (χ2n) is 6.48. The molecule has 3 aromatic rings. The number of aromatic nitrogens is 4. The fourth-order valence-corrected chi connectivity index (χ4v) is 2.85. The standard InChI is InChI=1S/C17H19N5O/c1-21(2)7-8-22-10-18-17-15(22)13-9-12(16(23)11-3-4-11)5-6-14(13)19-20-17/h5-6,9-11H,3-4,7-8H2,1-2H3. The first-order chi connectivity index (χ1) is 11.1. The minimum atomic E-state index is 0.219. The van der Waals surface area contributed by atoms with Crippen LogP contribution >= 0.6 is 0 Å². The summed E-state index contributed by atoms with van der Waals surface area (Å²) in [6.45, 7) is 1.74. The van der Waals surface area contributed by atoms with Gasteiger partial charge in [-0.1, -0.05) is 0 Å². The predicted octanol–water partition coefficient (Wildman–Crippen LogP) is 2.13. The molecule has 1 saturated carbocycles. The summed E-state index contributed by atoms with van der Waals surface area (Å²) in [5.41, 5.74) is 3.17. The zero-order chi connectivity index (χ0) is 16.0. The second kappa shape index (κ2) is 5.38. The molecule has 4 rings (SSSR count). The van der Waals surface area contributed by atoms with Gasteiger partial charge in [0.05, 0.1) is 17.4 Å². The van der Waals surface area contributed by atoms with Gasteiger partial charge in [-0.05, 0) is 45.1 Å². The van der Waals surface area contributed by atoms with Crippen molar-refractivity contribution < 1.29 is 4.79 Å². The zero-order valence-corrected chi connectivity index (χ0v) is 13.4. The Morgan fingerprint density at radius 1 is 1.30 bits per heavy atom. The number of likely N-dealkylation sites (N-methyl/N-ethyl adjacent to an activating group) is 1. The van der Waals surface area contributed by atoms with Crippen molar-refractivity contribution in [1.82, 2.24) is 24.6 Å². The van der Waals surface area contributed by atoms with Crippen molar-refractivity contribution in [3.05, 3.63) is 30.1 Å². The number of fused-ring (bicyclic) bond motifs is 3. The molecule has 0 bridgehead atoms. The molecule has 2 aromatic heterocycles. The molecule has 118 valence electrons. The number of imidazole rings is 1. The van der Waals surface area contributed by atoms with Crippen molar-refractivity contribution >= 4 is 27.9 Å². The van der Waals surface area contributed by atoms with E-state index in [1.54, 1.807) is 6.33 Å². The molecule has 1 aliphatic rings. The van der Waals surface area contributed by atoms with Gasteiger partial charge in [0, 0.05) is 30.0 Å². The summed E-state index contributed by atoms with van der Waals surface area (Å²) in [5, 5.41) is 9.39. The number of benzene rings is 1. The van der Waals surface area contributed by atoms with Gasteiger partial charge < -0.3 is 9.47 Å². The molecule has 0 N–H and O–H groups in total. The van der Waals surface area contributed by atoms with Crippen LogP contribution in [0.1, 0.15) is 23.2 Å². The first-order valence-corrected chi connectivity index (χ1v) is 7.94. The van der Waals surface area contributed by atoms with E-state index >= 15 is 0 Å². The van der Waals surface area contributed by atoms with Crippen LogP contribution in [0.5, 0.6) is 0 Å². The molecule has 0 spiro atoms. The largest absolute Gasteiger partial charge is 0.327 e. The normalized spacial score (nSPS) is 14.9. The first kappa shape index (κ1) is 14.3. The molecule has 1 aliphatic carbocycles. The number of rotatable bonds is 5. The van der Waals surface area contributed by atoms with Crippen LogP contribution < -0.4 is 0 Å². The number of Topliss-reactive ketones (excluding diaryl/α,β-unsaturated/α-hetero) is 1. The predicted molar refractivity (Wildman–Crippen MR) is 88.4 cm³/mol. The number of carbonyl (C=O) groups is 1. The number of hydrogen-bond donors (Lipinski definition) is 0. The Kier molecular flexibility index (Phi) is 3.34. The van der Waals surface area contributed by atoms with Gasteiger partial charge in [0.25, 0.3) is 0 Å². The van der Waals surface area contributed by atoms with E-state index in [0.717, 1.165) is 47.9 Å². The van der Waals surface area contributed by atoms with E-state index < -0.39 is 0 Å². The molecule has 0 aliphatic heterocycles. The lowest BCUT2D eigenvalue weighted by atomic mass is 10.0. The summed E-state index contributed by atoms with van der Waals surface area (Å²) >= 11 is 0. The number of ketones is 1. The lowest BCUT2D eigenvalue weighted by Gasteiger charge is -2.11. The molecule has 0 unspecified atom stereocenters. The maximum Gasteiger partial charge on any atom is 0.200 e. The number of hydrogen-bond acceptors (Lipinski definition) is 5. The van der Waals surface area contributed by atoms with Crippen LogP contribution in [0.3, 0.4) is 0 Å². The van der Waals surface area contributed by atoms with Gasteiger partial charge in [0.2, 0.25) is 5.65 Å². The van der Waals surface area contributed by atoms with Gasteiger partial charge in [-0.25, -0.2) is 4.98 Å². The SMILES string of the molecule is CN(C)CCn1cnc2nnc3ccc(C(=O)C4CC4)cc3c21. The average Bonchev–Trinajstić information content (AvgIpc) is 3.31. The molecule has 0 atom stereocenters. The van der Waals surface area contributed by atoms with Crippen molar-refractivity contribution in [1.29, 1.82) is 0 Å². The summed E-state index contributed by atoms with van der Waals surface area (Å²) in [6.07, 6.45) is 3.83. The Morgan fingerprint density at radius 2 is 2.13 bits per heavy atom. The highest BCUT2D eigenvalue weighted by molar-refractivity contribution is 6.06. The molecular formula is C17H19N5O. The van der Waals surface area contributed by atoms with Gasteiger partial charge in [-0.2, -0.15) is 0 Å². The van der Waals surface area contributed by atoms with Crippen LogP contribution in [0.2, 0.25) is 0 Å². The van der Waals surface area contributed by atoms with Gasteiger partial charge in [-0.3, -0.25) is 4.79 Å². The minimum absolute atomic E-state index is 0.219. The third-order valence-corrected chi connectivity index (χ3v) is 4.34. The first-order valence-electron chi connectivity index (χ1n) is 7.94. The van der Waals surface area contributed by atoms with Crippen molar-refractivity contribution in [3.63, 3.8) is 0 Å². The lowest BCUT2D eigenvalue weighted by Crippen LogP contribution is -2.18. The van der Waals surface area contributed by atoms with Crippen molar-refractivity contribution in [2.45, 2.75) is 19.4 Å². The van der Waals surface area contributed by atoms with E-state index in [9.17, 15) is 4.79 Å². The smallest absolute Gasteiger partial charge is 0.200 e. The van der Waals surface area contributed by atoms with Crippen LogP contribution in [0, 0.1) is 5.92 Å². The van der Waals surface area contributed by atoms with Gasteiger partial charge >= 0.3 is 0 Å². The fraction of sp³-hybridized carbons (Fsp3) is 0.412. The minimum Gasteiger partial charge on any atom is -0.327 e. The molecular weight excluding hydrogens is 290 g/mol. The summed E-state index contributed by atoms with van der Waals surface area (Å²) in [4.78, 5) is 18.8. The highest BCUT2D eigenvalue weighted by atomic mass is 16.1. The molecule has 1 fully saturated rings. The summed E-state index contributed by atoms with van der Waals surface area (Å²) in [6, 6.07) is 5.71. The Labute approximate surface area is 134 Å². The molecule has 0 radical (unpaired) electrons. The van der Waals surface area contributed by atoms with Crippen LogP contribution in [-0.2, 0) is 6.54 Å². The molecule has 6 nitrogen and oxygen atoms in total. The van der Waals surface area contributed by atoms with Crippen molar-refractivity contribution in [2.75, 3.05) is 20.6 Å². The van der Waals surface area contributed by atoms with E-state index in [1.807, 2.05) is 32.3 Å². The number of carbonyl (C=O) groups excluding carboxylic acids is 1. The monoisotopic (exact) mass is 309 g/mol. The highest BCUT2D eigenvalue weighted by Crippen LogP contribution is 2.33. The molecule has 0 saturated heterocycles. The molecule has 6 heteroatoms. The Hall–Kier alpha value is -2.34. The van der Waals surface area contributed by atoms with Crippen molar-refractivity contribution in [3.8, 4) is 0 Å². The summed E-state index contributed by atoms with van der Waals surface area (Å²) < 4.78 is 2.09. The number of nitrogens with zero attached hydrogens (tertiary/aromatic N) is 5. The highest BCUT2D eigenvalue weighted by Gasteiger charge is 2.30.